The molecular formula is C15H21ClN2O3. The predicted molar refractivity (Wildman–Crippen MR) is 82.7 cm³/mol. The van der Waals surface area contributed by atoms with Gasteiger partial charge in [-0.1, -0.05) is 0 Å². The molecule has 1 saturated heterocycles. The zero-order chi connectivity index (χ0) is 13.8. The SMILES string of the molecule is Cl.O=C(NCC1CCCN1)c1ccc2c(c1)OCCCO2. The lowest BCUT2D eigenvalue weighted by Crippen LogP contribution is -2.37. The highest BCUT2D eigenvalue weighted by molar-refractivity contribution is 5.94. The Labute approximate surface area is 130 Å². The molecule has 5 nitrogen and oxygen atoms in total. The summed E-state index contributed by atoms with van der Waals surface area (Å²) in [6.45, 7) is 3.01. The van der Waals surface area contributed by atoms with Gasteiger partial charge in [0.1, 0.15) is 0 Å². The first kappa shape index (κ1) is 15.9. The molecule has 3 rings (SSSR count). The van der Waals surface area contributed by atoms with Crippen LogP contribution in [0.4, 0.5) is 0 Å². The number of carbonyl (C=O) groups excluding carboxylic acids is 1. The minimum atomic E-state index is -0.0608. The van der Waals surface area contributed by atoms with Gasteiger partial charge in [-0.05, 0) is 37.6 Å². The summed E-state index contributed by atoms with van der Waals surface area (Å²) in [5.41, 5.74) is 0.618. The number of carbonyl (C=O) groups is 1. The van der Waals surface area contributed by atoms with Gasteiger partial charge in [0.2, 0.25) is 0 Å². The maximum absolute atomic E-state index is 12.1. The lowest BCUT2D eigenvalue weighted by Gasteiger charge is -2.13. The Hall–Kier alpha value is -1.46. The van der Waals surface area contributed by atoms with Crippen molar-refractivity contribution >= 4 is 18.3 Å². The fourth-order valence-corrected chi connectivity index (χ4v) is 2.55. The topological polar surface area (TPSA) is 59.6 Å². The minimum Gasteiger partial charge on any atom is -0.490 e. The van der Waals surface area contributed by atoms with E-state index in [0.717, 1.165) is 25.1 Å². The third-order valence-corrected chi connectivity index (χ3v) is 3.68. The second kappa shape index (κ2) is 7.52. The normalized spacial score (nSPS) is 20.3. The lowest BCUT2D eigenvalue weighted by atomic mass is 10.1. The fraction of sp³-hybridized carbons (Fsp3) is 0.533. The van der Waals surface area contributed by atoms with Crippen molar-refractivity contribution in [3.63, 3.8) is 0 Å². The predicted octanol–water partition coefficient (Wildman–Crippen LogP) is 1.75. The number of ether oxygens (including phenoxy) is 2. The van der Waals surface area contributed by atoms with Crippen LogP contribution in [-0.2, 0) is 0 Å². The van der Waals surface area contributed by atoms with Crippen LogP contribution in [-0.4, -0.2) is 38.3 Å². The van der Waals surface area contributed by atoms with Gasteiger partial charge >= 0.3 is 0 Å². The molecule has 116 valence electrons. The molecule has 1 atom stereocenters. The van der Waals surface area contributed by atoms with E-state index in [9.17, 15) is 4.79 Å². The molecule has 2 N–H and O–H groups in total. The van der Waals surface area contributed by atoms with Crippen LogP contribution in [0.2, 0.25) is 0 Å². The molecule has 1 fully saturated rings. The number of nitrogens with one attached hydrogen (secondary N) is 2. The van der Waals surface area contributed by atoms with Crippen LogP contribution in [0.1, 0.15) is 29.6 Å². The molecule has 0 bridgehead atoms. The zero-order valence-corrected chi connectivity index (χ0v) is 12.7. The molecular weight excluding hydrogens is 292 g/mol. The van der Waals surface area contributed by atoms with Gasteiger partial charge in [0, 0.05) is 24.6 Å². The Morgan fingerprint density at radius 2 is 2.05 bits per heavy atom. The van der Waals surface area contributed by atoms with E-state index in [1.54, 1.807) is 12.1 Å². The van der Waals surface area contributed by atoms with Crippen molar-refractivity contribution in [3.8, 4) is 11.5 Å². The third-order valence-electron chi connectivity index (χ3n) is 3.68. The third kappa shape index (κ3) is 4.02. The Morgan fingerprint density at radius 3 is 2.81 bits per heavy atom. The summed E-state index contributed by atoms with van der Waals surface area (Å²) in [5, 5.41) is 6.33. The van der Waals surface area contributed by atoms with Crippen molar-refractivity contribution in [2.24, 2.45) is 0 Å². The van der Waals surface area contributed by atoms with Gasteiger partial charge in [-0.25, -0.2) is 0 Å². The van der Waals surface area contributed by atoms with Gasteiger partial charge in [0.15, 0.2) is 11.5 Å². The first-order chi connectivity index (χ1) is 9.83. The number of amides is 1. The van der Waals surface area contributed by atoms with Crippen molar-refractivity contribution in [2.45, 2.75) is 25.3 Å². The Bertz CT molecular complexity index is 490. The highest BCUT2D eigenvalue weighted by Crippen LogP contribution is 2.30. The van der Waals surface area contributed by atoms with E-state index in [2.05, 4.69) is 10.6 Å². The van der Waals surface area contributed by atoms with Crippen molar-refractivity contribution in [3.05, 3.63) is 23.8 Å². The second-order valence-corrected chi connectivity index (χ2v) is 5.22. The summed E-state index contributed by atoms with van der Waals surface area (Å²) in [6.07, 6.45) is 3.18. The zero-order valence-electron chi connectivity index (χ0n) is 11.9. The van der Waals surface area contributed by atoms with Crippen LogP contribution < -0.4 is 20.1 Å². The van der Waals surface area contributed by atoms with Crippen molar-refractivity contribution < 1.29 is 14.3 Å². The fourth-order valence-electron chi connectivity index (χ4n) is 2.55. The lowest BCUT2D eigenvalue weighted by molar-refractivity contribution is 0.0950. The molecule has 0 radical (unpaired) electrons. The smallest absolute Gasteiger partial charge is 0.251 e. The first-order valence-electron chi connectivity index (χ1n) is 7.24. The average molecular weight is 313 g/mol. The van der Waals surface area contributed by atoms with E-state index in [1.165, 1.54) is 6.42 Å². The standard InChI is InChI=1S/C15H20N2O3.ClH/c18-15(17-10-12-3-1-6-16-12)11-4-5-13-14(9-11)20-8-2-7-19-13;/h4-5,9,12,16H,1-3,6-8,10H2,(H,17,18);1H. The van der Waals surface area contributed by atoms with Crippen molar-refractivity contribution in [1.29, 1.82) is 0 Å². The molecule has 2 heterocycles. The maximum Gasteiger partial charge on any atom is 0.251 e. The molecule has 1 aromatic rings. The number of rotatable bonds is 3. The average Bonchev–Trinajstić information content (AvgIpc) is 2.88. The van der Waals surface area contributed by atoms with E-state index in [4.69, 9.17) is 9.47 Å². The Kier molecular flexibility index (Phi) is 5.70. The summed E-state index contributed by atoms with van der Waals surface area (Å²) >= 11 is 0. The summed E-state index contributed by atoms with van der Waals surface area (Å²) < 4.78 is 11.2. The minimum absolute atomic E-state index is 0. The molecule has 1 aromatic carbocycles. The quantitative estimate of drug-likeness (QED) is 0.893. The highest BCUT2D eigenvalue weighted by atomic mass is 35.5. The summed E-state index contributed by atoms with van der Waals surface area (Å²) in [7, 11) is 0. The molecule has 2 aliphatic rings. The number of halogens is 1. The monoisotopic (exact) mass is 312 g/mol. The maximum atomic E-state index is 12.1. The van der Waals surface area contributed by atoms with E-state index >= 15 is 0 Å². The Balaban J connectivity index is 0.00000161. The van der Waals surface area contributed by atoms with E-state index in [0.29, 0.717) is 37.1 Å². The van der Waals surface area contributed by atoms with Gasteiger partial charge in [-0.2, -0.15) is 0 Å². The molecule has 0 aliphatic carbocycles. The summed E-state index contributed by atoms with van der Waals surface area (Å²) in [6, 6.07) is 5.76. The Morgan fingerprint density at radius 1 is 1.24 bits per heavy atom. The van der Waals surface area contributed by atoms with E-state index in [-0.39, 0.29) is 18.3 Å². The van der Waals surface area contributed by atoms with Gasteiger partial charge in [0.25, 0.3) is 5.91 Å². The number of benzene rings is 1. The van der Waals surface area contributed by atoms with Crippen LogP contribution in [0.25, 0.3) is 0 Å². The first-order valence-corrected chi connectivity index (χ1v) is 7.24. The molecule has 1 amide bonds. The van der Waals surface area contributed by atoms with Crippen molar-refractivity contribution in [2.75, 3.05) is 26.3 Å². The summed E-state index contributed by atoms with van der Waals surface area (Å²) in [5.74, 6) is 1.32. The van der Waals surface area contributed by atoms with Gasteiger partial charge in [0.05, 0.1) is 13.2 Å². The van der Waals surface area contributed by atoms with Gasteiger partial charge in [-0.3, -0.25) is 4.79 Å². The van der Waals surface area contributed by atoms with E-state index < -0.39 is 0 Å². The highest BCUT2D eigenvalue weighted by Gasteiger charge is 2.17. The largest absolute Gasteiger partial charge is 0.490 e. The van der Waals surface area contributed by atoms with Crippen LogP contribution in [0.5, 0.6) is 11.5 Å². The van der Waals surface area contributed by atoms with Gasteiger partial charge in [-0.15, -0.1) is 12.4 Å². The molecule has 0 spiro atoms. The molecule has 0 saturated carbocycles. The molecule has 6 heteroatoms. The summed E-state index contributed by atoms with van der Waals surface area (Å²) in [4.78, 5) is 12.1. The number of fused-ring (bicyclic) bond motifs is 1. The molecule has 0 aromatic heterocycles. The number of hydrogen-bond donors (Lipinski definition) is 2. The van der Waals surface area contributed by atoms with E-state index in [1.807, 2.05) is 6.07 Å². The molecule has 21 heavy (non-hydrogen) atoms. The molecule has 2 aliphatic heterocycles. The number of hydrogen-bond acceptors (Lipinski definition) is 4. The molecule has 1 unspecified atom stereocenters. The van der Waals surface area contributed by atoms with Crippen molar-refractivity contribution in [1.82, 2.24) is 10.6 Å². The van der Waals surface area contributed by atoms with Crippen LogP contribution in [0.3, 0.4) is 0 Å². The second-order valence-electron chi connectivity index (χ2n) is 5.22. The van der Waals surface area contributed by atoms with Crippen LogP contribution >= 0.6 is 12.4 Å². The van der Waals surface area contributed by atoms with Crippen LogP contribution in [0, 0.1) is 0 Å². The van der Waals surface area contributed by atoms with Gasteiger partial charge < -0.3 is 20.1 Å². The van der Waals surface area contributed by atoms with Crippen LogP contribution in [0.15, 0.2) is 18.2 Å².